The van der Waals surface area contributed by atoms with Crippen LogP contribution in [0.1, 0.15) is 12.3 Å². The van der Waals surface area contributed by atoms with E-state index in [0.717, 1.165) is 12.1 Å². The fourth-order valence-corrected chi connectivity index (χ4v) is 3.45. The highest BCUT2D eigenvalue weighted by Crippen LogP contribution is 2.32. The lowest BCUT2D eigenvalue weighted by atomic mass is 10.4. The van der Waals surface area contributed by atoms with Crippen LogP contribution in [0.25, 0.3) is 0 Å². The molecular weight excluding hydrogens is 310 g/mol. The van der Waals surface area contributed by atoms with Gasteiger partial charge < -0.3 is 9.32 Å². The van der Waals surface area contributed by atoms with Gasteiger partial charge in [-0.1, -0.05) is 11.8 Å². The number of carbonyl (C=O) groups excluding carboxylic acids is 1. The van der Waals surface area contributed by atoms with Crippen molar-refractivity contribution in [3.63, 3.8) is 0 Å². The summed E-state index contributed by atoms with van der Waals surface area (Å²) in [5, 5.41) is 12.3. The SMILES string of the molecule is CSCc1nnc(S[C@H]2CCN(c3cnn(C)c3)C2=O)o1. The Morgan fingerprint density at radius 2 is 2.33 bits per heavy atom. The second-order valence-corrected chi connectivity index (χ2v) is 6.67. The highest BCUT2D eigenvalue weighted by Gasteiger charge is 2.35. The van der Waals surface area contributed by atoms with Gasteiger partial charge in [0.1, 0.15) is 0 Å². The minimum atomic E-state index is -0.173. The summed E-state index contributed by atoms with van der Waals surface area (Å²) in [6.07, 6.45) is 6.28. The van der Waals surface area contributed by atoms with Crippen LogP contribution in [0.5, 0.6) is 0 Å². The second-order valence-electron chi connectivity index (χ2n) is 4.65. The molecule has 0 saturated carbocycles. The normalized spacial score (nSPS) is 18.7. The molecule has 21 heavy (non-hydrogen) atoms. The van der Waals surface area contributed by atoms with E-state index in [0.29, 0.717) is 23.4 Å². The van der Waals surface area contributed by atoms with E-state index in [1.54, 1.807) is 27.5 Å². The molecule has 3 rings (SSSR count). The average molecular weight is 325 g/mol. The minimum Gasteiger partial charge on any atom is -0.415 e. The zero-order valence-corrected chi connectivity index (χ0v) is 13.4. The fourth-order valence-electron chi connectivity index (χ4n) is 2.16. The maximum absolute atomic E-state index is 12.4. The summed E-state index contributed by atoms with van der Waals surface area (Å²) < 4.78 is 7.20. The van der Waals surface area contributed by atoms with E-state index in [-0.39, 0.29) is 11.2 Å². The fraction of sp³-hybridized carbons (Fsp3) is 0.500. The lowest BCUT2D eigenvalue weighted by Gasteiger charge is -2.13. The van der Waals surface area contributed by atoms with Gasteiger partial charge >= 0.3 is 0 Å². The summed E-state index contributed by atoms with van der Waals surface area (Å²) in [6.45, 7) is 0.688. The standard InChI is InChI=1S/C12H15N5O2S2/c1-16-6-8(5-13-16)17-4-3-9(11(17)18)21-12-15-14-10(19-12)7-20-2/h5-6,9H,3-4,7H2,1-2H3/t9-/m0/s1. The summed E-state index contributed by atoms with van der Waals surface area (Å²) in [5.41, 5.74) is 0.833. The third-order valence-electron chi connectivity index (χ3n) is 3.12. The van der Waals surface area contributed by atoms with Gasteiger partial charge in [0, 0.05) is 19.8 Å². The Morgan fingerprint density at radius 3 is 3.05 bits per heavy atom. The van der Waals surface area contributed by atoms with E-state index >= 15 is 0 Å². The molecule has 1 atom stereocenters. The van der Waals surface area contributed by atoms with E-state index < -0.39 is 0 Å². The molecule has 0 spiro atoms. The Labute approximate surface area is 130 Å². The van der Waals surface area contributed by atoms with Crippen LogP contribution in [0.15, 0.2) is 22.0 Å². The van der Waals surface area contributed by atoms with Crippen molar-refractivity contribution in [2.75, 3.05) is 17.7 Å². The van der Waals surface area contributed by atoms with Crippen molar-refractivity contribution >= 4 is 35.1 Å². The molecule has 0 bridgehead atoms. The van der Waals surface area contributed by atoms with Gasteiger partial charge in [0.25, 0.3) is 5.22 Å². The van der Waals surface area contributed by atoms with Gasteiger partial charge in [-0.15, -0.1) is 10.2 Å². The molecule has 2 aromatic rings. The summed E-state index contributed by atoms with van der Waals surface area (Å²) in [5.74, 6) is 1.35. The topological polar surface area (TPSA) is 77.1 Å². The van der Waals surface area contributed by atoms with Gasteiger partial charge in [0.15, 0.2) is 0 Å². The van der Waals surface area contributed by atoms with Crippen LogP contribution in [0.4, 0.5) is 5.69 Å². The number of thioether (sulfide) groups is 2. The first kappa shape index (κ1) is 14.5. The van der Waals surface area contributed by atoms with E-state index in [4.69, 9.17) is 4.42 Å². The number of carbonyl (C=O) groups is 1. The molecule has 0 N–H and O–H groups in total. The number of aryl methyl sites for hydroxylation is 1. The minimum absolute atomic E-state index is 0.0672. The molecule has 0 unspecified atom stereocenters. The van der Waals surface area contributed by atoms with Crippen molar-refractivity contribution in [2.45, 2.75) is 22.6 Å². The molecule has 2 aromatic heterocycles. The monoisotopic (exact) mass is 325 g/mol. The highest BCUT2D eigenvalue weighted by atomic mass is 32.2. The van der Waals surface area contributed by atoms with Crippen LogP contribution in [-0.2, 0) is 17.6 Å². The van der Waals surface area contributed by atoms with E-state index in [1.807, 2.05) is 19.5 Å². The van der Waals surface area contributed by atoms with Crippen LogP contribution >= 0.6 is 23.5 Å². The predicted molar refractivity (Wildman–Crippen MR) is 81.3 cm³/mol. The van der Waals surface area contributed by atoms with E-state index in [2.05, 4.69) is 15.3 Å². The largest absolute Gasteiger partial charge is 0.415 e. The summed E-state index contributed by atoms with van der Waals surface area (Å²) in [6, 6.07) is 0. The third kappa shape index (κ3) is 3.08. The van der Waals surface area contributed by atoms with Crippen LogP contribution in [0, 0.1) is 0 Å². The Balaban J connectivity index is 1.66. The Kier molecular flexibility index (Phi) is 4.20. The van der Waals surface area contributed by atoms with Crippen molar-refractivity contribution in [1.82, 2.24) is 20.0 Å². The first-order chi connectivity index (χ1) is 10.2. The maximum Gasteiger partial charge on any atom is 0.277 e. The van der Waals surface area contributed by atoms with Gasteiger partial charge in [0.2, 0.25) is 11.8 Å². The van der Waals surface area contributed by atoms with Crippen molar-refractivity contribution in [3.05, 3.63) is 18.3 Å². The molecule has 0 aromatic carbocycles. The van der Waals surface area contributed by atoms with Crippen LogP contribution < -0.4 is 4.90 Å². The molecule has 0 radical (unpaired) electrons. The average Bonchev–Trinajstić information content (AvgIpc) is 3.14. The molecule has 112 valence electrons. The Hall–Kier alpha value is -1.48. The molecule has 1 saturated heterocycles. The first-order valence-electron chi connectivity index (χ1n) is 6.45. The van der Waals surface area contributed by atoms with Crippen LogP contribution in [0.2, 0.25) is 0 Å². The zero-order chi connectivity index (χ0) is 14.8. The van der Waals surface area contributed by atoms with E-state index in [9.17, 15) is 4.79 Å². The molecule has 0 aliphatic carbocycles. The van der Waals surface area contributed by atoms with Crippen molar-refractivity contribution in [3.8, 4) is 0 Å². The highest BCUT2D eigenvalue weighted by molar-refractivity contribution is 8.00. The molecule has 3 heterocycles. The number of nitrogens with zero attached hydrogens (tertiary/aromatic N) is 5. The molecule has 9 heteroatoms. The molecule has 1 aliphatic rings. The summed E-state index contributed by atoms with van der Waals surface area (Å²) in [7, 11) is 1.84. The quantitative estimate of drug-likeness (QED) is 0.825. The second kappa shape index (κ2) is 6.10. The molecule has 7 nitrogen and oxygen atoms in total. The lowest BCUT2D eigenvalue weighted by molar-refractivity contribution is -0.116. The van der Waals surface area contributed by atoms with Crippen molar-refractivity contribution in [2.24, 2.45) is 7.05 Å². The molecule has 1 fully saturated rings. The number of hydrogen-bond acceptors (Lipinski definition) is 7. The van der Waals surface area contributed by atoms with Crippen molar-refractivity contribution < 1.29 is 9.21 Å². The number of hydrogen-bond donors (Lipinski definition) is 0. The van der Waals surface area contributed by atoms with Crippen molar-refractivity contribution in [1.29, 1.82) is 0 Å². The third-order valence-corrected chi connectivity index (χ3v) is 4.74. The molecule has 1 amide bonds. The Bertz CT molecular complexity index is 641. The van der Waals surface area contributed by atoms with Gasteiger partial charge in [-0.05, 0) is 12.7 Å². The zero-order valence-electron chi connectivity index (χ0n) is 11.7. The molecule has 1 aliphatic heterocycles. The van der Waals surface area contributed by atoms with E-state index in [1.165, 1.54) is 11.8 Å². The Morgan fingerprint density at radius 1 is 1.48 bits per heavy atom. The van der Waals surface area contributed by atoms with Crippen LogP contribution in [-0.4, -0.2) is 43.9 Å². The van der Waals surface area contributed by atoms with Gasteiger partial charge in [-0.2, -0.15) is 16.9 Å². The van der Waals surface area contributed by atoms with Gasteiger partial charge in [-0.3, -0.25) is 9.48 Å². The van der Waals surface area contributed by atoms with Gasteiger partial charge in [0.05, 0.1) is 22.9 Å². The number of aromatic nitrogens is 4. The maximum atomic E-state index is 12.4. The predicted octanol–water partition coefficient (Wildman–Crippen LogP) is 1.56. The first-order valence-corrected chi connectivity index (χ1v) is 8.72. The molecular formula is C12H15N5O2S2. The van der Waals surface area contributed by atoms with Crippen LogP contribution in [0.3, 0.4) is 0 Å². The number of amides is 1. The summed E-state index contributed by atoms with van der Waals surface area (Å²) in [4.78, 5) is 14.2. The van der Waals surface area contributed by atoms with Gasteiger partial charge in [-0.25, -0.2) is 0 Å². The number of rotatable bonds is 5. The smallest absolute Gasteiger partial charge is 0.277 e. The lowest BCUT2D eigenvalue weighted by Crippen LogP contribution is -2.27. The summed E-state index contributed by atoms with van der Waals surface area (Å²) >= 11 is 2.96. The number of anilines is 1.